The number of amides is 1. The maximum Gasteiger partial charge on any atom is 0.259 e. The van der Waals surface area contributed by atoms with Crippen LogP contribution in [0.3, 0.4) is 0 Å². The molecule has 34 heavy (non-hydrogen) atoms. The third-order valence-electron chi connectivity index (χ3n) is 5.86. The molecule has 1 fully saturated rings. The molecular formula is C26H24ClN5OS. The van der Waals surface area contributed by atoms with Crippen molar-refractivity contribution in [3.8, 4) is 21.7 Å². The summed E-state index contributed by atoms with van der Waals surface area (Å²) in [6.07, 6.45) is 8.15. The second-order valence-electron chi connectivity index (χ2n) is 8.45. The normalized spacial score (nSPS) is 13.7. The monoisotopic (exact) mass is 489 g/mol. The summed E-state index contributed by atoms with van der Waals surface area (Å²) in [5, 5.41) is 7.35. The molecule has 1 aromatic carbocycles. The summed E-state index contributed by atoms with van der Waals surface area (Å²) >= 11 is 7.30. The Morgan fingerprint density at radius 3 is 2.68 bits per heavy atom. The van der Waals surface area contributed by atoms with E-state index in [4.69, 9.17) is 16.6 Å². The van der Waals surface area contributed by atoms with Crippen molar-refractivity contribution in [2.45, 2.75) is 38.6 Å². The number of halogens is 1. The number of thiazole rings is 1. The highest BCUT2D eigenvalue weighted by atomic mass is 35.5. The van der Waals surface area contributed by atoms with Crippen molar-refractivity contribution in [2.75, 3.05) is 10.6 Å². The first kappa shape index (κ1) is 22.5. The van der Waals surface area contributed by atoms with Gasteiger partial charge in [-0.25, -0.2) is 15.0 Å². The molecule has 0 saturated heterocycles. The molecule has 5 rings (SSSR count). The van der Waals surface area contributed by atoms with E-state index in [0.717, 1.165) is 33.1 Å². The molecule has 1 saturated carbocycles. The summed E-state index contributed by atoms with van der Waals surface area (Å²) in [7, 11) is 0. The molecule has 2 N–H and O–H groups in total. The fourth-order valence-electron chi connectivity index (χ4n) is 4.17. The van der Waals surface area contributed by atoms with E-state index in [1.54, 1.807) is 12.1 Å². The van der Waals surface area contributed by atoms with Gasteiger partial charge < -0.3 is 5.32 Å². The molecule has 0 unspecified atom stereocenters. The van der Waals surface area contributed by atoms with Crippen LogP contribution in [0.25, 0.3) is 21.7 Å². The van der Waals surface area contributed by atoms with Crippen molar-refractivity contribution in [1.82, 2.24) is 15.0 Å². The quantitative estimate of drug-likeness (QED) is 0.290. The summed E-state index contributed by atoms with van der Waals surface area (Å²) in [4.78, 5) is 27.1. The number of anilines is 2. The van der Waals surface area contributed by atoms with Crippen LogP contribution in [0.5, 0.6) is 0 Å². The molecule has 1 amide bonds. The lowest BCUT2D eigenvalue weighted by atomic mass is 10.1. The molecule has 6 nitrogen and oxygen atoms in total. The molecule has 8 heteroatoms. The smallest absolute Gasteiger partial charge is 0.259 e. The third kappa shape index (κ3) is 5.11. The fourth-order valence-corrected chi connectivity index (χ4v) is 5.26. The molecule has 0 atom stereocenters. The number of pyridine rings is 2. The van der Waals surface area contributed by atoms with E-state index in [-0.39, 0.29) is 5.91 Å². The Kier molecular flexibility index (Phi) is 6.56. The number of hydrogen-bond acceptors (Lipinski definition) is 6. The number of nitrogens with one attached hydrogen (secondary N) is 2. The number of carbonyl (C=O) groups is 1. The molecule has 4 aromatic rings. The summed E-state index contributed by atoms with van der Waals surface area (Å²) in [6, 6.07) is 16.0. The van der Waals surface area contributed by atoms with E-state index in [0.29, 0.717) is 21.9 Å². The van der Waals surface area contributed by atoms with Crippen LogP contribution in [0.2, 0.25) is 5.15 Å². The van der Waals surface area contributed by atoms with E-state index in [9.17, 15) is 4.79 Å². The second-order valence-corrected chi connectivity index (χ2v) is 9.83. The van der Waals surface area contributed by atoms with Gasteiger partial charge in [0.05, 0.1) is 16.1 Å². The first-order valence-corrected chi connectivity index (χ1v) is 12.5. The van der Waals surface area contributed by atoms with Crippen LogP contribution in [0.15, 0.2) is 60.9 Å². The predicted molar refractivity (Wildman–Crippen MR) is 139 cm³/mol. The summed E-state index contributed by atoms with van der Waals surface area (Å²) < 4.78 is 0. The van der Waals surface area contributed by atoms with E-state index < -0.39 is 0 Å². The Labute approximate surface area is 207 Å². The van der Waals surface area contributed by atoms with Crippen LogP contribution in [-0.2, 0) is 0 Å². The Bertz CT molecular complexity index is 1320. The number of aryl methyl sites for hydroxylation is 1. The molecule has 3 heterocycles. The van der Waals surface area contributed by atoms with Gasteiger partial charge in [-0.05, 0) is 55.7 Å². The number of hydrogen-bond donors (Lipinski definition) is 2. The van der Waals surface area contributed by atoms with Crippen LogP contribution in [-0.4, -0.2) is 26.9 Å². The van der Waals surface area contributed by atoms with Crippen LogP contribution >= 0.6 is 22.9 Å². The van der Waals surface area contributed by atoms with Gasteiger partial charge in [0, 0.05) is 24.0 Å². The van der Waals surface area contributed by atoms with Crippen LogP contribution < -0.4 is 10.6 Å². The Hall–Kier alpha value is -3.29. The minimum atomic E-state index is -0.279. The van der Waals surface area contributed by atoms with E-state index in [1.165, 1.54) is 43.2 Å². The number of aromatic nitrogens is 3. The molecule has 0 radical (unpaired) electrons. The minimum Gasteiger partial charge on any atom is -0.367 e. The van der Waals surface area contributed by atoms with Crippen molar-refractivity contribution in [2.24, 2.45) is 0 Å². The van der Waals surface area contributed by atoms with Gasteiger partial charge in [0.25, 0.3) is 5.91 Å². The van der Waals surface area contributed by atoms with E-state index in [2.05, 4.69) is 45.7 Å². The zero-order chi connectivity index (χ0) is 23.5. The van der Waals surface area contributed by atoms with Crippen molar-refractivity contribution in [1.29, 1.82) is 0 Å². The average molecular weight is 490 g/mol. The van der Waals surface area contributed by atoms with Gasteiger partial charge in [-0.15, -0.1) is 0 Å². The molecule has 0 bridgehead atoms. The molecule has 172 valence electrons. The summed E-state index contributed by atoms with van der Waals surface area (Å²) in [6.45, 7) is 2.06. The van der Waals surface area contributed by atoms with E-state index in [1.807, 2.05) is 24.4 Å². The minimum absolute atomic E-state index is 0.279. The summed E-state index contributed by atoms with van der Waals surface area (Å²) in [5.74, 6) is 0.587. The molecule has 3 aromatic heterocycles. The van der Waals surface area contributed by atoms with Gasteiger partial charge in [0.2, 0.25) is 0 Å². The molecular weight excluding hydrogens is 466 g/mol. The lowest BCUT2D eigenvalue weighted by molar-refractivity contribution is 0.102. The molecule has 0 aliphatic heterocycles. The topological polar surface area (TPSA) is 79.8 Å². The highest BCUT2D eigenvalue weighted by Gasteiger charge is 2.19. The largest absolute Gasteiger partial charge is 0.367 e. The van der Waals surface area contributed by atoms with Crippen molar-refractivity contribution < 1.29 is 4.79 Å². The first-order valence-electron chi connectivity index (χ1n) is 11.3. The highest BCUT2D eigenvalue weighted by Crippen LogP contribution is 2.40. The van der Waals surface area contributed by atoms with Crippen molar-refractivity contribution in [3.05, 3.63) is 77.2 Å². The standard InChI is InChI=1S/C26H24ClN5OS/c1-16-5-4-6-17(13-16)23-24(18-11-12-28-22(14-18)30-20-7-2-3-8-20)34-26(31-23)32-25(33)19-9-10-21(27)29-15-19/h4-6,9-15,20H,2-3,7-8H2,1H3,(H,28,30)(H,31,32,33). The number of carbonyl (C=O) groups excluding carboxylic acids is 1. The van der Waals surface area contributed by atoms with Gasteiger partial charge in [-0.1, -0.05) is 59.5 Å². The Morgan fingerprint density at radius 2 is 1.91 bits per heavy atom. The molecule has 1 aliphatic carbocycles. The highest BCUT2D eigenvalue weighted by molar-refractivity contribution is 7.19. The van der Waals surface area contributed by atoms with Gasteiger partial charge in [-0.3, -0.25) is 10.1 Å². The first-order chi connectivity index (χ1) is 16.5. The molecule has 0 spiro atoms. The molecule has 1 aliphatic rings. The van der Waals surface area contributed by atoms with Crippen molar-refractivity contribution >= 4 is 39.8 Å². The van der Waals surface area contributed by atoms with Crippen molar-refractivity contribution in [3.63, 3.8) is 0 Å². The Morgan fingerprint density at radius 1 is 1.06 bits per heavy atom. The van der Waals surface area contributed by atoms with Crippen LogP contribution in [0.4, 0.5) is 10.9 Å². The maximum atomic E-state index is 12.8. The zero-order valence-electron chi connectivity index (χ0n) is 18.7. The number of nitrogens with zero attached hydrogens (tertiary/aromatic N) is 3. The SMILES string of the molecule is Cc1cccc(-c2nc(NC(=O)c3ccc(Cl)nc3)sc2-c2ccnc(NC3CCCC3)c2)c1. The average Bonchev–Trinajstić information content (AvgIpc) is 3.50. The zero-order valence-corrected chi connectivity index (χ0v) is 20.3. The third-order valence-corrected chi connectivity index (χ3v) is 7.10. The van der Waals surface area contributed by atoms with E-state index >= 15 is 0 Å². The van der Waals surface area contributed by atoms with Gasteiger partial charge in [-0.2, -0.15) is 0 Å². The Balaban J connectivity index is 1.49. The number of rotatable bonds is 6. The lowest BCUT2D eigenvalue weighted by Gasteiger charge is -2.13. The fraction of sp³-hybridized carbons (Fsp3) is 0.231. The summed E-state index contributed by atoms with van der Waals surface area (Å²) in [5.41, 5.74) is 4.41. The van der Waals surface area contributed by atoms with Crippen LogP contribution in [0.1, 0.15) is 41.6 Å². The maximum absolute atomic E-state index is 12.8. The predicted octanol–water partition coefficient (Wildman–Crippen LogP) is 6.84. The van der Waals surface area contributed by atoms with Gasteiger partial charge >= 0.3 is 0 Å². The number of benzene rings is 1. The lowest BCUT2D eigenvalue weighted by Crippen LogP contribution is -2.15. The van der Waals surface area contributed by atoms with Crippen LogP contribution in [0, 0.1) is 6.92 Å². The second kappa shape index (κ2) is 9.91. The van der Waals surface area contributed by atoms with Gasteiger partial charge in [0.1, 0.15) is 11.0 Å². The van der Waals surface area contributed by atoms with Gasteiger partial charge in [0.15, 0.2) is 5.13 Å².